The lowest BCUT2D eigenvalue weighted by Gasteiger charge is -2.35. The lowest BCUT2D eigenvalue weighted by molar-refractivity contribution is -0.0372. The number of morpholine rings is 1. The Morgan fingerprint density at radius 2 is 2.15 bits per heavy atom. The van der Waals surface area contributed by atoms with Crippen LogP contribution in [0.2, 0.25) is 0 Å². The second kappa shape index (κ2) is 8.25. The molecule has 4 nitrogen and oxygen atoms in total. The summed E-state index contributed by atoms with van der Waals surface area (Å²) >= 11 is 0. The molecule has 1 aliphatic heterocycles. The Hall–Kier alpha value is -1.10. The van der Waals surface area contributed by atoms with E-state index in [0.29, 0.717) is 18.8 Å². The zero-order valence-corrected chi connectivity index (χ0v) is 12.5. The van der Waals surface area contributed by atoms with E-state index >= 15 is 0 Å². The third-order valence-corrected chi connectivity index (χ3v) is 3.56. The lowest BCUT2D eigenvalue weighted by Crippen LogP contribution is -2.49. The van der Waals surface area contributed by atoms with Gasteiger partial charge in [0.2, 0.25) is 0 Å². The molecule has 1 heterocycles. The van der Waals surface area contributed by atoms with Crippen molar-refractivity contribution in [2.24, 2.45) is 0 Å². The van der Waals surface area contributed by atoms with Crippen molar-refractivity contribution in [1.82, 2.24) is 10.2 Å². The summed E-state index contributed by atoms with van der Waals surface area (Å²) in [4.78, 5) is 2.47. The van der Waals surface area contributed by atoms with Crippen LogP contribution in [0.4, 0.5) is 0 Å². The number of hydrogen-bond acceptors (Lipinski definition) is 4. The van der Waals surface area contributed by atoms with E-state index in [1.807, 2.05) is 30.3 Å². The van der Waals surface area contributed by atoms with Gasteiger partial charge in [0.05, 0.1) is 12.7 Å². The van der Waals surface area contributed by atoms with Gasteiger partial charge in [-0.2, -0.15) is 0 Å². The first kappa shape index (κ1) is 15.3. The molecule has 0 spiro atoms. The molecular weight excluding hydrogens is 252 g/mol. The van der Waals surface area contributed by atoms with Crippen LogP contribution in [0, 0.1) is 0 Å². The molecule has 1 unspecified atom stereocenters. The first-order valence-electron chi connectivity index (χ1n) is 7.50. The number of para-hydroxylation sites is 1. The maximum absolute atomic E-state index is 5.78. The fourth-order valence-electron chi connectivity index (χ4n) is 2.36. The summed E-state index contributed by atoms with van der Waals surface area (Å²) in [5, 5.41) is 3.41. The van der Waals surface area contributed by atoms with E-state index in [4.69, 9.17) is 9.47 Å². The molecule has 0 aromatic heterocycles. The molecular formula is C16H26N2O2. The largest absolute Gasteiger partial charge is 0.492 e. The van der Waals surface area contributed by atoms with Crippen molar-refractivity contribution in [3.05, 3.63) is 30.3 Å². The van der Waals surface area contributed by atoms with Gasteiger partial charge < -0.3 is 14.8 Å². The number of benzene rings is 1. The highest BCUT2D eigenvalue weighted by molar-refractivity contribution is 5.20. The first-order valence-corrected chi connectivity index (χ1v) is 7.50. The van der Waals surface area contributed by atoms with Crippen molar-refractivity contribution < 1.29 is 9.47 Å². The standard InChI is InChI=1S/C16H26N2O2/c1-14(2)18-9-11-20-16(13-18)12-17-8-10-19-15-6-4-3-5-7-15/h3-7,14,16-17H,8-13H2,1-2H3. The summed E-state index contributed by atoms with van der Waals surface area (Å²) in [5.41, 5.74) is 0. The molecule has 20 heavy (non-hydrogen) atoms. The molecule has 1 fully saturated rings. The molecule has 0 amide bonds. The number of ether oxygens (including phenoxy) is 2. The van der Waals surface area contributed by atoms with Crippen LogP contribution in [0.25, 0.3) is 0 Å². The van der Waals surface area contributed by atoms with Gasteiger partial charge in [-0.1, -0.05) is 18.2 Å². The van der Waals surface area contributed by atoms with E-state index < -0.39 is 0 Å². The van der Waals surface area contributed by atoms with E-state index in [1.54, 1.807) is 0 Å². The molecule has 112 valence electrons. The summed E-state index contributed by atoms with van der Waals surface area (Å²) in [6, 6.07) is 10.5. The quantitative estimate of drug-likeness (QED) is 0.771. The number of nitrogens with one attached hydrogen (secondary N) is 1. The smallest absolute Gasteiger partial charge is 0.119 e. The Morgan fingerprint density at radius 1 is 1.35 bits per heavy atom. The predicted octanol–water partition coefficient (Wildman–Crippen LogP) is 1.76. The summed E-state index contributed by atoms with van der Waals surface area (Å²) in [5.74, 6) is 0.925. The lowest BCUT2D eigenvalue weighted by atomic mass is 10.2. The Balaban J connectivity index is 1.57. The van der Waals surface area contributed by atoms with Gasteiger partial charge in [0.1, 0.15) is 12.4 Å². The average Bonchev–Trinajstić information content (AvgIpc) is 2.48. The fourth-order valence-corrected chi connectivity index (χ4v) is 2.36. The van der Waals surface area contributed by atoms with Gasteiger partial charge >= 0.3 is 0 Å². The fraction of sp³-hybridized carbons (Fsp3) is 0.625. The molecule has 1 saturated heterocycles. The highest BCUT2D eigenvalue weighted by Gasteiger charge is 2.21. The van der Waals surface area contributed by atoms with E-state index in [0.717, 1.165) is 38.5 Å². The molecule has 1 aliphatic rings. The molecule has 4 heteroatoms. The van der Waals surface area contributed by atoms with Gasteiger partial charge in [0, 0.05) is 32.2 Å². The average molecular weight is 278 g/mol. The van der Waals surface area contributed by atoms with Crippen LogP contribution >= 0.6 is 0 Å². The summed E-state index contributed by atoms with van der Waals surface area (Å²) in [6.07, 6.45) is 0.294. The zero-order chi connectivity index (χ0) is 14.2. The van der Waals surface area contributed by atoms with Crippen molar-refractivity contribution >= 4 is 0 Å². The van der Waals surface area contributed by atoms with Crippen molar-refractivity contribution in [2.45, 2.75) is 26.0 Å². The van der Waals surface area contributed by atoms with E-state index in [-0.39, 0.29) is 0 Å². The summed E-state index contributed by atoms with van der Waals surface area (Å²) in [7, 11) is 0. The van der Waals surface area contributed by atoms with Gasteiger partial charge in [-0.05, 0) is 26.0 Å². The molecule has 2 rings (SSSR count). The number of hydrogen-bond donors (Lipinski definition) is 1. The molecule has 0 bridgehead atoms. The van der Waals surface area contributed by atoms with E-state index in [9.17, 15) is 0 Å². The third kappa shape index (κ3) is 5.12. The predicted molar refractivity (Wildman–Crippen MR) is 81.3 cm³/mol. The second-order valence-electron chi connectivity index (χ2n) is 5.45. The van der Waals surface area contributed by atoms with Crippen LogP contribution in [-0.2, 0) is 4.74 Å². The highest BCUT2D eigenvalue weighted by atomic mass is 16.5. The van der Waals surface area contributed by atoms with E-state index in [1.165, 1.54) is 0 Å². The van der Waals surface area contributed by atoms with E-state index in [2.05, 4.69) is 24.1 Å². The van der Waals surface area contributed by atoms with Crippen LogP contribution in [0.5, 0.6) is 5.75 Å². The minimum absolute atomic E-state index is 0.294. The summed E-state index contributed by atoms with van der Waals surface area (Å²) < 4.78 is 11.4. The minimum atomic E-state index is 0.294. The van der Waals surface area contributed by atoms with Crippen LogP contribution in [0.1, 0.15) is 13.8 Å². The van der Waals surface area contributed by atoms with Gasteiger partial charge in [0.25, 0.3) is 0 Å². The molecule has 1 atom stereocenters. The van der Waals surface area contributed by atoms with Crippen LogP contribution in [0.15, 0.2) is 30.3 Å². The molecule has 1 aromatic rings. The highest BCUT2D eigenvalue weighted by Crippen LogP contribution is 2.08. The van der Waals surface area contributed by atoms with Crippen molar-refractivity contribution in [3.8, 4) is 5.75 Å². The van der Waals surface area contributed by atoms with Gasteiger partial charge in [-0.25, -0.2) is 0 Å². The van der Waals surface area contributed by atoms with Gasteiger partial charge in [-0.15, -0.1) is 0 Å². The zero-order valence-electron chi connectivity index (χ0n) is 12.5. The molecule has 0 saturated carbocycles. The maximum Gasteiger partial charge on any atom is 0.119 e. The van der Waals surface area contributed by atoms with Crippen LogP contribution in [-0.4, -0.2) is 56.4 Å². The van der Waals surface area contributed by atoms with Crippen LogP contribution < -0.4 is 10.1 Å². The van der Waals surface area contributed by atoms with Crippen molar-refractivity contribution in [2.75, 3.05) is 39.4 Å². The molecule has 1 aromatic carbocycles. The van der Waals surface area contributed by atoms with Crippen molar-refractivity contribution in [3.63, 3.8) is 0 Å². The van der Waals surface area contributed by atoms with Gasteiger partial charge in [0.15, 0.2) is 0 Å². The van der Waals surface area contributed by atoms with Gasteiger partial charge in [-0.3, -0.25) is 4.90 Å². The Kier molecular flexibility index (Phi) is 6.30. The minimum Gasteiger partial charge on any atom is -0.492 e. The molecule has 0 aliphatic carbocycles. The Morgan fingerprint density at radius 3 is 2.90 bits per heavy atom. The monoisotopic (exact) mass is 278 g/mol. The third-order valence-electron chi connectivity index (χ3n) is 3.56. The number of nitrogens with zero attached hydrogens (tertiary/aromatic N) is 1. The van der Waals surface area contributed by atoms with Crippen molar-refractivity contribution in [1.29, 1.82) is 0 Å². The normalized spacial score (nSPS) is 20.2. The second-order valence-corrected chi connectivity index (χ2v) is 5.45. The molecule has 1 N–H and O–H groups in total. The molecule has 0 radical (unpaired) electrons. The van der Waals surface area contributed by atoms with Crippen LogP contribution in [0.3, 0.4) is 0 Å². The maximum atomic E-state index is 5.78. The first-order chi connectivity index (χ1) is 9.75. The number of rotatable bonds is 7. The topological polar surface area (TPSA) is 33.7 Å². The summed E-state index contributed by atoms with van der Waals surface area (Å²) in [6.45, 7) is 9.80. The Bertz CT molecular complexity index is 370. The SMILES string of the molecule is CC(C)N1CCOC(CNCCOc2ccccc2)C1. The Labute approximate surface area is 122 Å².